The average Bonchev–Trinajstić information content (AvgIpc) is 1.89. The van der Waals surface area contributed by atoms with Gasteiger partial charge in [-0.25, -0.2) is 0 Å². The Balaban J connectivity index is -0.0000000279. The number of unbranched alkanes of at least 4 members (excludes halogenated alkanes) is 1. The Kier molecular flexibility index (Phi) is 51.2. The van der Waals surface area contributed by atoms with Gasteiger partial charge in [0, 0.05) is 0 Å². The summed E-state index contributed by atoms with van der Waals surface area (Å²) < 4.78 is 0. The molecule has 13 heavy (non-hydrogen) atoms. The van der Waals surface area contributed by atoms with Gasteiger partial charge in [0.05, 0.1) is 0 Å². The Bertz CT molecular complexity index is 81.1. The maximum atomic E-state index is 3.60. The average molecular weight is 182 g/mol. The van der Waals surface area contributed by atoms with Crippen LogP contribution in [0, 0.1) is 6.92 Å². The van der Waals surface area contributed by atoms with E-state index in [0.717, 1.165) is 6.42 Å². The fourth-order valence-electron chi connectivity index (χ4n) is 0. The van der Waals surface area contributed by atoms with E-state index in [1.165, 1.54) is 17.6 Å². The van der Waals surface area contributed by atoms with E-state index >= 15 is 0 Å². The molecule has 0 spiro atoms. The second kappa shape index (κ2) is 22.8. The predicted molar refractivity (Wildman–Crippen MR) is 60.0 cm³/mol. The number of hydrogen-bond acceptors (Lipinski definition) is 2. The van der Waals surface area contributed by atoms with E-state index in [1.54, 1.807) is 0 Å². The van der Waals surface area contributed by atoms with Crippen molar-refractivity contribution >= 4 is 0 Å². The monoisotopic (exact) mass is 182 g/mol. The van der Waals surface area contributed by atoms with Crippen LogP contribution >= 0.6 is 0 Å². The van der Waals surface area contributed by atoms with Crippen LogP contribution in [-0.2, 0) is 0 Å². The molecule has 0 saturated carbocycles. The van der Waals surface area contributed by atoms with Gasteiger partial charge in [0.2, 0.25) is 0 Å². The van der Waals surface area contributed by atoms with Crippen LogP contribution in [0.15, 0.2) is 11.1 Å². The van der Waals surface area contributed by atoms with Crippen molar-refractivity contribution in [3.63, 3.8) is 0 Å². The summed E-state index contributed by atoms with van der Waals surface area (Å²) in [5, 5.41) is 0. The fraction of sp³-hybridized carbons (Fsp3) is 0.700. The van der Waals surface area contributed by atoms with Crippen molar-refractivity contribution in [2.45, 2.75) is 47.5 Å². The molecule has 0 aromatic heterocycles. The first kappa shape index (κ1) is 29.2. The first-order valence-corrected chi connectivity index (χ1v) is 3.96. The van der Waals surface area contributed by atoms with Crippen LogP contribution in [0.25, 0.3) is 0 Å². The topological polar surface area (TPSA) is 70.0 Å². The molecule has 0 heterocycles. The minimum atomic E-state index is 0. The molecular weight excluding hydrogens is 155 g/mol. The third kappa shape index (κ3) is 46.7. The summed E-state index contributed by atoms with van der Waals surface area (Å²) in [5.41, 5.74) is 2.85. The SMILES string of the molecule is CC(C)=C(C)C.N.N.[CH2-]CCC.[Li+]. The standard InChI is InChI=1S/C6H12.C4H9.Li.2H3N/c1-5(2)6(3)4;1-3-4-2;;;/h1-4H3;1,3-4H2,2H3;;2*1H3/q;-1;+1;;. The summed E-state index contributed by atoms with van der Waals surface area (Å²) in [5.74, 6) is 0. The molecule has 0 aromatic carbocycles. The van der Waals surface area contributed by atoms with Crippen molar-refractivity contribution in [3.8, 4) is 0 Å². The molecule has 0 saturated heterocycles. The smallest absolute Gasteiger partial charge is 0.344 e. The molecule has 3 heteroatoms. The third-order valence-electron chi connectivity index (χ3n) is 1.35. The van der Waals surface area contributed by atoms with Gasteiger partial charge in [-0.2, -0.15) is 6.42 Å². The van der Waals surface area contributed by atoms with Gasteiger partial charge in [-0.3, -0.25) is 0 Å². The van der Waals surface area contributed by atoms with E-state index in [9.17, 15) is 0 Å². The quantitative estimate of drug-likeness (QED) is 0.364. The minimum Gasteiger partial charge on any atom is -0.344 e. The van der Waals surface area contributed by atoms with Crippen LogP contribution in [0.5, 0.6) is 0 Å². The Morgan fingerprint density at radius 3 is 1.08 bits per heavy atom. The summed E-state index contributed by atoms with van der Waals surface area (Å²) >= 11 is 0. The summed E-state index contributed by atoms with van der Waals surface area (Å²) in [4.78, 5) is 0. The van der Waals surface area contributed by atoms with Gasteiger partial charge in [0.15, 0.2) is 0 Å². The summed E-state index contributed by atoms with van der Waals surface area (Å²) in [7, 11) is 0. The molecule has 0 amide bonds. The van der Waals surface area contributed by atoms with Crippen LogP contribution in [0.1, 0.15) is 47.5 Å². The van der Waals surface area contributed by atoms with E-state index in [0.29, 0.717) is 0 Å². The molecule has 0 aromatic rings. The molecule has 0 fully saturated rings. The zero-order valence-corrected chi connectivity index (χ0v) is 10.5. The van der Waals surface area contributed by atoms with Gasteiger partial charge in [0.25, 0.3) is 0 Å². The van der Waals surface area contributed by atoms with Crippen LogP contribution in [0.3, 0.4) is 0 Å². The number of rotatable bonds is 1. The summed E-state index contributed by atoms with van der Waals surface area (Å²) in [6.45, 7) is 14.2. The fourth-order valence-corrected chi connectivity index (χ4v) is 0. The molecule has 0 aliphatic rings. The van der Waals surface area contributed by atoms with Crippen molar-refractivity contribution in [1.82, 2.24) is 12.3 Å². The Morgan fingerprint density at radius 1 is 0.923 bits per heavy atom. The van der Waals surface area contributed by atoms with Gasteiger partial charge in [-0.1, -0.05) is 24.5 Å². The number of allylic oxidation sites excluding steroid dienone is 2. The Morgan fingerprint density at radius 2 is 1.08 bits per heavy atom. The first-order valence-electron chi connectivity index (χ1n) is 3.96. The molecule has 78 valence electrons. The van der Waals surface area contributed by atoms with Crippen LogP contribution in [0.2, 0.25) is 0 Å². The Hall–Kier alpha value is 0.257. The van der Waals surface area contributed by atoms with E-state index < -0.39 is 0 Å². The van der Waals surface area contributed by atoms with Gasteiger partial charge < -0.3 is 19.2 Å². The van der Waals surface area contributed by atoms with Crippen molar-refractivity contribution < 1.29 is 18.9 Å². The van der Waals surface area contributed by atoms with Gasteiger partial charge in [-0.05, 0) is 27.7 Å². The molecule has 0 radical (unpaired) electrons. The molecule has 6 N–H and O–H groups in total. The molecule has 0 aliphatic carbocycles. The van der Waals surface area contributed by atoms with E-state index in [-0.39, 0.29) is 31.2 Å². The van der Waals surface area contributed by atoms with Gasteiger partial charge in [-0.15, -0.1) is 0 Å². The van der Waals surface area contributed by atoms with E-state index in [2.05, 4.69) is 41.5 Å². The zero-order chi connectivity index (χ0) is 8.57. The van der Waals surface area contributed by atoms with Crippen molar-refractivity contribution in [2.24, 2.45) is 0 Å². The number of hydrogen-bond donors (Lipinski definition) is 2. The maximum Gasteiger partial charge on any atom is 1.00 e. The van der Waals surface area contributed by atoms with Gasteiger partial charge >= 0.3 is 18.9 Å². The first-order chi connectivity index (χ1) is 4.56. The minimum absolute atomic E-state index is 0. The van der Waals surface area contributed by atoms with E-state index in [1.807, 2.05) is 0 Å². The van der Waals surface area contributed by atoms with Crippen LogP contribution in [0.4, 0.5) is 0 Å². The van der Waals surface area contributed by atoms with Crippen molar-refractivity contribution in [2.75, 3.05) is 0 Å². The molecule has 0 aliphatic heterocycles. The van der Waals surface area contributed by atoms with Crippen LogP contribution in [-0.4, -0.2) is 0 Å². The van der Waals surface area contributed by atoms with Crippen molar-refractivity contribution in [1.29, 1.82) is 0 Å². The molecule has 0 bridgehead atoms. The largest absolute Gasteiger partial charge is 1.00 e. The molecule has 0 atom stereocenters. The molecular formula is C10H27LiN2. The molecule has 0 unspecified atom stereocenters. The second-order valence-electron chi connectivity index (χ2n) is 2.85. The second-order valence-corrected chi connectivity index (χ2v) is 2.85. The Labute approximate surface area is 96.9 Å². The maximum absolute atomic E-state index is 3.60. The van der Waals surface area contributed by atoms with E-state index in [4.69, 9.17) is 0 Å². The predicted octanol–water partition coefficient (Wildman–Crippen LogP) is 1.31. The zero-order valence-electron chi connectivity index (χ0n) is 10.5. The third-order valence-corrected chi connectivity index (χ3v) is 1.35. The van der Waals surface area contributed by atoms with Crippen molar-refractivity contribution in [3.05, 3.63) is 18.1 Å². The molecule has 2 nitrogen and oxygen atoms in total. The van der Waals surface area contributed by atoms with Gasteiger partial charge in [0.1, 0.15) is 0 Å². The normalized spacial score (nSPS) is 6.00. The molecule has 0 rings (SSSR count). The van der Waals surface area contributed by atoms with Crippen LogP contribution < -0.4 is 31.2 Å². The summed E-state index contributed by atoms with van der Waals surface area (Å²) in [6, 6.07) is 0. The summed E-state index contributed by atoms with van der Waals surface area (Å²) in [6.07, 6.45) is 2.28.